The van der Waals surface area contributed by atoms with Crippen molar-refractivity contribution in [2.45, 2.75) is 13.0 Å². The fraction of sp³-hybridized carbons (Fsp3) is 0.120. The predicted octanol–water partition coefficient (Wildman–Crippen LogP) is 5.05. The van der Waals surface area contributed by atoms with Gasteiger partial charge in [0, 0.05) is 17.9 Å². The van der Waals surface area contributed by atoms with Gasteiger partial charge < -0.3 is 10.6 Å². The number of rotatable bonds is 8. The summed E-state index contributed by atoms with van der Waals surface area (Å²) in [7, 11) is 0. The summed E-state index contributed by atoms with van der Waals surface area (Å²) in [5.74, 6) is -1.01. The van der Waals surface area contributed by atoms with Gasteiger partial charge in [-0.3, -0.25) is 9.69 Å². The molecule has 3 aromatic carbocycles. The van der Waals surface area contributed by atoms with Crippen molar-refractivity contribution in [3.05, 3.63) is 108 Å². The van der Waals surface area contributed by atoms with Crippen LogP contribution in [0.5, 0.6) is 0 Å². The third kappa shape index (κ3) is 6.50. The molecule has 0 aliphatic carbocycles. The molecule has 0 fully saturated rings. The van der Waals surface area contributed by atoms with Crippen LogP contribution in [0.2, 0.25) is 0 Å². The van der Waals surface area contributed by atoms with Gasteiger partial charge in [0.2, 0.25) is 5.91 Å². The third-order valence-electron chi connectivity index (χ3n) is 4.61. The molecule has 2 N–H and O–H groups in total. The van der Waals surface area contributed by atoms with E-state index >= 15 is 0 Å². The highest BCUT2D eigenvalue weighted by atomic mass is 19.1. The van der Waals surface area contributed by atoms with Gasteiger partial charge in [-0.1, -0.05) is 30.3 Å². The quantitative estimate of drug-likeness (QED) is 0.487. The van der Waals surface area contributed by atoms with Crippen molar-refractivity contribution < 1.29 is 18.4 Å². The molecule has 0 atom stereocenters. The molecule has 32 heavy (non-hydrogen) atoms. The highest BCUT2D eigenvalue weighted by Crippen LogP contribution is 2.20. The van der Waals surface area contributed by atoms with Crippen LogP contribution in [0.15, 0.2) is 85.5 Å². The number of anilines is 2. The van der Waals surface area contributed by atoms with Gasteiger partial charge in [0.1, 0.15) is 11.6 Å². The highest BCUT2D eigenvalue weighted by molar-refractivity contribution is 5.94. The summed E-state index contributed by atoms with van der Waals surface area (Å²) in [5, 5.41) is 5.46. The molecule has 3 rings (SSSR count). The topological polar surface area (TPSA) is 61.4 Å². The Bertz CT molecular complexity index is 1080. The van der Waals surface area contributed by atoms with Gasteiger partial charge in [-0.2, -0.15) is 0 Å². The smallest absolute Gasteiger partial charge is 0.322 e. The van der Waals surface area contributed by atoms with E-state index in [0.717, 1.165) is 5.56 Å². The van der Waals surface area contributed by atoms with Crippen LogP contribution in [0, 0.1) is 11.6 Å². The van der Waals surface area contributed by atoms with Gasteiger partial charge in [-0.05, 0) is 59.7 Å². The van der Waals surface area contributed by atoms with Crippen molar-refractivity contribution in [3.63, 3.8) is 0 Å². The molecule has 0 radical (unpaired) electrons. The number of hydrogen-bond acceptors (Lipinski definition) is 2. The van der Waals surface area contributed by atoms with Gasteiger partial charge in [0.25, 0.3) is 0 Å². The molecule has 0 aromatic heterocycles. The summed E-state index contributed by atoms with van der Waals surface area (Å²) in [5.41, 5.74) is 2.53. The molecule has 5 nitrogen and oxygen atoms in total. The maximum absolute atomic E-state index is 13.3. The number of nitrogens with one attached hydrogen (secondary N) is 2. The number of halogens is 2. The van der Waals surface area contributed by atoms with E-state index in [9.17, 15) is 18.4 Å². The van der Waals surface area contributed by atoms with E-state index in [2.05, 4.69) is 17.2 Å². The number of nitrogens with zero attached hydrogens (tertiary/aromatic N) is 1. The number of carbonyl (C=O) groups excluding carboxylic acids is 2. The first-order valence-electron chi connectivity index (χ1n) is 9.99. The molecule has 164 valence electrons. The molecular weight excluding hydrogens is 412 g/mol. The second-order valence-corrected chi connectivity index (χ2v) is 7.09. The van der Waals surface area contributed by atoms with Gasteiger partial charge in [0.05, 0.1) is 13.0 Å². The van der Waals surface area contributed by atoms with E-state index in [1.165, 1.54) is 41.3 Å². The molecule has 7 heteroatoms. The van der Waals surface area contributed by atoms with Crippen LogP contribution in [0.25, 0.3) is 0 Å². The molecule has 0 heterocycles. The van der Waals surface area contributed by atoms with Gasteiger partial charge in [-0.25, -0.2) is 13.6 Å². The molecule has 0 unspecified atom stereocenters. The summed E-state index contributed by atoms with van der Waals surface area (Å²) in [6.07, 6.45) is 1.65. The number of carbonyl (C=O) groups is 2. The lowest BCUT2D eigenvalue weighted by atomic mass is 10.1. The monoisotopic (exact) mass is 435 g/mol. The first kappa shape index (κ1) is 22.7. The minimum Gasteiger partial charge on any atom is -0.334 e. The maximum atomic E-state index is 13.3. The highest BCUT2D eigenvalue weighted by Gasteiger charge is 2.17. The SMILES string of the molecule is C=CCNC(=O)N(Cc1ccc(F)cc1)c1cccc(CC(=O)Nc2ccc(F)cc2)c1. The number of urea groups is 1. The summed E-state index contributed by atoms with van der Waals surface area (Å²) in [6.45, 7) is 4.11. The van der Waals surface area contributed by atoms with Crippen molar-refractivity contribution in [1.29, 1.82) is 0 Å². The van der Waals surface area contributed by atoms with Crippen molar-refractivity contribution in [2.24, 2.45) is 0 Å². The Morgan fingerprint density at radius 2 is 1.56 bits per heavy atom. The van der Waals surface area contributed by atoms with Crippen LogP contribution in [-0.4, -0.2) is 18.5 Å². The lowest BCUT2D eigenvalue weighted by Crippen LogP contribution is -2.39. The summed E-state index contributed by atoms with van der Waals surface area (Å²) in [4.78, 5) is 26.7. The number of amides is 3. The zero-order chi connectivity index (χ0) is 22.9. The zero-order valence-corrected chi connectivity index (χ0v) is 17.4. The van der Waals surface area contributed by atoms with E-state index in [1.807, 2.05) is 0 Å². The van der Waals surface area contributed by atoms with Crippen LogP contribution < -0.4 is 15.5 Å². The van der Waals surface area contributed by atoms with E-state index in [1.54, 1.807) is 42.5 Å². The standard InChI is InChI=1S/C25H23F2N3O2/c1-2-14-28-25(32)30(17-18-6-8-20(26)9-7-18)23-5-3-4-19(15-23)16-24(31)29-22-12-10-21(27)11-13-22/h2-13,15H,1,14,16-17H2,(H,28,32)(H,29,31). The largest absolute Gasteiger partial charge is 0.334 e. The van der Waals surface area contributed by atoms with Crippen molar-refractivity contribution in [1.82, 2.24) is 5.32 Å². The first-order valence-corrected chi connectivity index (χ1v) is 9.99. The molecule has 0 saturated heterocycles. The van der Waals surface area contributed by atoms with Crippen LogP contribution in [0.3, 0.4) is 0 Å². The first-order chi connectivity index (χ1) is 15.4. The van der Waals surface area contributed by atoms with Gasteiger partial charge in [0.15, 0.2) is 0 Å². The minimum atomic E-state index is -0.383. The predicted molar refractivity (Wildman–Crippen MR) is 121 cm³/mol. The lowest BCUT2D eigenvalue weighted by molar-refractivity contribution is -0.115. The second-order valence-electron chi connectivity index (χ2n) is 7.09. The van der Waals surface area contributed by atoms with Crippen LogP contribution >= 0.6 is 0 Å². The Morgan fingerprint density at radius 1 is 0.906 bits per heavy atom. The summed E-state index contributed by atoms with van der Waals surface area (Å²) in [6, 6.07) is 18.1. The van der Waals surface area contributed by atoms with E-state index in [4.69, 9.17) is 0 Å². The lowest BCUT2D eigenvalue weighted by Gasteiger charge is -2.24. The minimum absolute atomic E-state index is 0.0733. The van der Waals surface area contributed by atoms with Crippen molar-refractivity contribution in [2.75, 3.05) is 16.8 Å². The third-order valence-corrected chi connectivity index (χ3v) is 4.61. The van der Waals surface area contributed by atoms with Crippen molar-refractivity contribution >= 4 is 23.3 Å². The average Bonchev–Trinajstić information content (AvgIpc) is 2.78. The number of hydrogen-bond donors (Lipinski definition) is 2. The maximum Gasteiger partial charge on any atom is 0.322 e. The van der Waals surface area contributed by atoms with E-state index < -0.39 is 0 Å². The Balaban J connectivity index is 1.77. The molecule has 0 saturated carbocycles. The van der Waals surface area contributed by atoms with Crippen LogP contribution in [0.1, 0.15) is 11.1 Å². The molecule has 3 aromatic rings. The van der Waals surface area contributed by atoms with Crippen LogP contribution in [-0.2, 0) is 17.8 Å². The normalized spacial score (nSPS) is 10.3. The Morgan fingerprint density at radius 3 is 2.22 bits per heavy atom. The summed E-state index contributed by atoms with van der Waals surface area (Å²) >= 11 is 0. The molecular formula is C25H23F2N3O2. The van der Waals surface area contributed by atoms with E-state index in [-0.39, 0.29) is 36.5 Å². The molecule has 3 amide bonds. The average molecular weight is 435 g/mol. The van der Waals surface area contributed by atoms with E-state index in [0.29, 0.717) is 23.5 Å². The van der Waals surface area contributed by atoms with Crippen LogP contribution in [0.4, 0.5) is 25.0 Å². The Labute approximate surface area is 185 Å². The molecule has 0 spiro atoms. The van der Waals surface area contributed by atoms with Gasteiger partial charge in [-0.15, -0.1) is 6.58 Å². The fourth-order valence-electron chi connectivity index (χ4n) is 3.07. The zero-order valence-electron chi connectivity index (χ0n) is 17.4. The molecule has 0 aliphatic heterocycles. The fourth-order valence-corrected chi connectivity index (χ4v) is 3.07. The summed E-state index contributed by atoms with van der Waals surface area (Å²) < 4.78 is 26.3. The van der Waals surface area contributed by atoms with Gasteiger partial charge >= 0.3 is 6.03 Å². The Kier molecular flexibility index (Phi) is 7.70. The number of benzene rings is 3. The second kappa shape index (κ2) is 10.9. The Hall–Kier alpha value is -4.00. The van der Waals surface area contributed by atoms with Crippen molar-refractivity contribution in [3.8, 4) is 0 Å². The molecule has 0 bridgehead atoms. The molecule has 0 aliphatic rings.